The topological polar surface area (TPSA) is 56.8 Å². The van der Waals surface area contributed by atoms with Crippen LogP contribution < -0.4 is 19.5 Å². The first-order chi connectivity index (χ1) is 11.2. The Morgan fingerprint density at radius 3 is 2.22 bits per heavy atom. The van der Waals surface area contributed by atoms with Gasteiger partial charge in [0.05, 0.1) is 26.9 Å². The van der Waals surface area contributed by atoms with Crippen molar-refractivity contribution in [3.8, 4) is 17.2 Å². The molecular formula is C18H21NO4. The molecule has 0 aromatic heterocycles. The third-order valence-electron chi connectivity index (χ3n) is 3.49. The van der Waals surface area contributed by atoms with Crippen LogP contribution in [-0.4, -0.2) is 33.8 Å². The summed E-state index contributed by atoms with van der Waals surface area (Å²) in [6, 6.07) is 13.3. The van der Waals surface area contributed by atoms with Gasteiger partial charge in [0.1, 0.15) is 0 Å². The summed E-state index contributed by atoms with van der Waals surface area (Å²) in [4.78, 5) is 12.4. The van der Waals surface area contributed by atoms with Gasteiger partial charge in [-0.2, -0.15) is 0 Å². The molecule has 1 amide bonds. The number of hydrogen-bond donors (Lipinski definition) is 1. The maximum absolute atomic E-state index is 12.4. The van der Waals surface area contributed by atoms with E-state index < -0.39 is 0 Å². The smallest absolute Gasteiger partial charge is 0.255 e. The molecular weight excluding hydrogens is 294 g/mol. The molecule has 5 nitrogen and oxygen atoms in total. The van der Waals surface area contributed by atoms with Crippen LogP contribution >= 0.6 is 0 Å². The van der Waals surface area contributed by atoms with Gasteiger partial charge in [-0.05, 0) is 24.1 Å². The molecule has 2 aromatic rings. The molecule has 5 heteroatoms. The Kier molecular flexibility index (Phi) is 5.86. The Labute approximate surface area is 136 Å². The number of carbonyl (C=O) groups is 1. The van der Waals surface area contributed by atoms with Crippen molar-refractivity contribution in [2.24, 2.45) is 0 Å². The number of benzene rings is 2. The highest BCUT2D eigenvalue weighted by atomic mass is 16.5. The summed E-state index contributed by atoms with van der Waals surface area (Å²) in [6.45, 7) is 0.542. The molecule has 1 N–H and O–H groups in total. The van der Waals surface area contributed by atoms with Crippen LogP contribution in [0.1, 0.15) is 15.9 Å². The summed E-state index contributed by atoms with van der Waals surface area (Å²) >= 11 is 0. The van der Waals surface area contributed by atoms with E-state index in [2.05, 4.69) is 5.32 Å². The molecule has 122 valence electrons. The molecule has 0 saturated heterocycles. The van der Waals surface area contributed by atoms with E-state index in [1.807, 2.05) is 30.3 Å². The zero-order valence-corrected chi connectivity index (χ0v) is 13.6. The van der Waals surface area contributed by atoms with Crippen molar-refractivity contribution in [3.05, 3.63) is 53.6 Å². The quantitative estimate of drug-likeness (QED) is 0.853. The highest BCUT2D eigenvalue weighted by Gasteiger charge is 2.20. The summed E-state index contributed by atoms with van der Waals surface area (Å²) in [7, 11) is 4.55. The predicted octanol–water partition coefficient (Wildman–Crippen LogP) is 2.68. The van der Waals surface area contributed by atoms with Gasteiger partial charge >= 0.3 is 0 Å². The summed E-state index contributed by atoms with van der Waals surface area (Å²) in [6.07, 6.45) is 0.766. The van der Waals surface area contributed by atoms with Crippen LogP contribution in [-0.2, 0) is 6.42 Å². The molecule has 2 rings (SSSR count). The Hall–Kier alpha value is -2.69. The largest absolute Gasteiger partial charge is 0.493 e. The average Bonchev–Trinajstić information content (AvgIpc) is 2.60. The van der Waals surface area contributed by atoms with E-state index in [1.165, 1.54) is 26.9 Å². The molecule has 2 aromatic carbocycles. The van der Waals surface area contributed by atoms with Crippen molar-refractivity contribution < 1.29 is 19.0 Å². The third-order valence-corrected chi connectivity index (χ3v) is 3.49. The van der Waals surface area contributed by atoms with Crippen molar-refractivity contribution in [1.29, 1.82) is 0 Å². The van der Waals surface area contributed by atoms with Crippen molar-refractivity contribution in [2.45, 2.75) is 6.42 Å². The molecule has 0 aliphatic heterocycles. The number of methoxy groups -OCH3 is 3. The summed E-state index contributed by atoms with van der Waals surface area (Å²) in [5.74, 6) is 1.08. The van der Waals surface area contributed by atoms with Crippen LogP contribution in [0.2, 0.25) is 0 Å². The number of amides is 1. The Bertz CT molecular complexity index is 656. The molecule has 23 heavy (non-hydrogen) atoms. The van der Waals surface area contributed by atoms with Gasteiger partial charge in [-0.1, -0.05) is 30.3 Å². The van der Waals surface area contributed by atoms with Crippen LogP contribution in [0.5, 0.6) is 17.2 Å². The van der Waals surface area contributed by atoms with E-state index in [-0.39, 0.29) is 5.91 Å². The number of carbonyl (C=O) groups excluding carboxylic acids is 1. The van der Waals surface area contributed by atoms with Crippen molar-refractivity contribution in [2.75, 3.05) is 27.9 Å². The summed E-state index contributed by atoms with van der Waals surface area (Å²) < 4.78 is 15.8. The second-order valence-corrected chi connectivity index (χ2v) is 4.87. The second kappa shape index (κ2) is 8.08. The van der Waals surface area contributed by atoms with Gasteiger partial charge in [-0.25, -0.2) is 0 Å². The van der Waals surface area contributed by atoms with Crippen LogP contribution in [0.15, 0.2) is 42.5 Å². The van der Waals surface area contributed by atoms with Crippen LogP contribution in [0.3, 0.4) is 0 Å². The van der Waals surface area contributed by atoms with E-state index in [0.29, 0.717) is 29.4 Å². The number of nitrogens with one attached hydrogen (secondary N) is 1. The lowest BCUT2D eigenvalue weighted by atomic mass is 10.1. The molecule has 0 spiro atoms. The van der Waals surface area contributed by atoms with E-state index >= 15 is 0 Å². The number of rotatable bonds is 7. The average molecular weight is 315 g/mol. The maximum atomic E-state index is 12.4. The minimum atomic E-state index is -0.210. The number of hydrogen-bond acceptors (Lipinski definition) is 4. The Balaban J connectivity index is 2.09. The fourth-order valence-corrected chi connectivity index (χ4v) is 2.34. The fourth-order valence-electron chi connectivity index (χ4n) is 2.34. The minimum Gasteiger partial charge on any atom is -0.493 e. The monoisotopic (exact) mass is 315 g/mol. The molecule has 0 bridgehead atoms. The van der Waals surface area contributed by atoms with Crippen molar-refractivity contribution in [1.82, 2.24) is 5.32 Å². The minimum absolute atomic E-state index is 0.210. The van der Waals surface area contributed by atoms with Crippen molar-refractivity contribution in [3.63, 3.8) is 0 Å². The Morgan fingerprint density at radius 1 is 0.913 bits per heavy atom. The SMILES string of the molecule is COc1ccc(C(=O)NCCc2ccccc2)c(OC)c1OC. The van der Waals surface area contributed by atoms with Crippen LogP contribution in [0.25, 0.3) is 0 Å². The highest BCUT2D eigenvalue weighted by Crippen LogP contribution is 2.39. The molecule has 0 aliphatic rings. The van der Waals surface area contributed by atoms with Gasteiger partial charge in [-0.15, -0.1) is 0 Å². The van der Waals surface area contributed by atoms with E-state index in [1.54, 1.807) is 12.1 Å². The van der Waals surface area contributed by atoms with Crippen molar-refractivity contribution >= 4 is 5.91 Å². The number of ether oxygens (including phenoxy) is 3. The molecule has 0 unspecified atom stereocenters. The summed E-state index contributed by atoms with van der Waals surface area (Å²) in [5, 5.41) is 2.90. The van der Waals surface area contributed by atoms with E-state index in [9.17, 15) is 4.79 Å². The van der Waals surface area contributed by atoms with E-state index in [4.69, 9.17) is 14.2 Å². The first-order valence-electron chi connectivity index (χ1n) is 7.32. The zero-order chi connectivity index (χ0) is 16.7. The normalized spacial score (nSPS) is 10.0. The third kappa shape index (κ3) is 3.94. The van der Waals surface area contributed by atoms with Gasteiger partial charge in [-0.3, -0.25) is 4.79 Å². The second-order valence-electron chi connectivity index (χ2n) is 4.87. The lowest BCUT2D eigenvalue weighted by Gasteiger charge is -2.15. The predicted molar refractivity (Wildman–Crippen MR) is 88.6 cm³/mol. The highest BCUT2D eigenvalue weighted by molar-refractivity contribution is 5.98. The van der Waals surface area contributed by atoms with Crippen LogP contribution in [0, 0.1) is 0 Å². The van der Waals surface area contributed by atoms with Gasteiger partial charge < -0.3 is 19.5 Å². The molecule has 0 fully saturated rings. The van der Waals surface area contributed by atoms with Gasteiger partial charge in [0.25, 0.3) is 5.91 Å². The van der Waals surface area contributed by atoms with Gasteiger partial charge in [0, 0.05) is 6.54 Å². The lowest BCUT2D eigenvalue weighted by Crippen LogP contribution is -2.26. The first-order valence-corrected chi connectivity index (χ1v) is 7.32. The molecule has 0 atom stereocenters. The first kappa shape index (κ1) is 16.7. The Morgan fingerprint density at radius 2 is 1.61 bits per heavy atom. The molecule has 0 radical (unpaired) electrons. The zero-order valence-electron chi connectivity index (χ0n) is 13.6. The fraction of sp³-hybridized carbons (Fsp3) is 0.278. The van der Waals surface area contributed by atoms with Gasteiger partial charge in [0.15, 0.2) is 11.5 Å². The van der Waals surface area contributed by atoms with Crippen LogP contribution in [0.4, 0.5) is 0 Å². The maximum Gasteiger partial charge on any atom is 0.255 e. The summed E-state index contributed by atoms with van der Waals surface area (Å²) in [5.41, 5.74) is 1.59. The van der Waals surface area contributed by atoms with Gasteiger partial charge in [0.2, 0.25) is 5.75 Å². The lowest BCUT2D eigenvalue weighted by molar-refractivity contribution is 0.0950. The molecule has 0 aliphatic carbocycles. The molecule has 0 heterocycles. The van der Waals surface area contributed by atoms with E-state index in [0.717, 1.165) is 6.42 Å². The molecule has 0 saturated carbocycles. The standard InChI is InChI=1S/C18H21NO4/c1-21-15-10-9-14(16(22-2)17(15)23-3)18(20)19-12-11-13-7-5-4-6-8-13/h4-10H,11-12H2,1-3H3,(H,19,20).